The molecule has 20 heavy (non-hydrogen) atoms. The number of benzene rings is 1. The number of rotatable bonds is 4. The lowest BCUT2D eigenvalue weighted by atomic mass is 10.1. The molecular formula is C14H20N4O2. The summed E-state index contributed by atoms with van der Waals surface area (Å²) in [4.78, 5) is 22.6. The summed E-state index contributed by atoms with van der Waals surface area (Å²) in [6, 6.07) is 6.89. The molecule has 0 aromatic heterocycles. The Morgan fingerprint density at radius 3 is 2.45 bits per heavy atom. The van der Waals surface area contributed by atoms with Gasteiger partial charge in [0.15, 0.2) is 0 Å². The second kappa shape index (κ2) is 6.38. The monoisotopic (exact) mass is 276 g/mol. The van der Waals surface area contributed by atoms with Gasteiger partial charge in [-0.15, -0.1) is 0 Å². The number of carbonyl (C=O) groups is 2. The van der Waals surface area contributed by atoms with E-state index < -0.39 is 6.03 Å². The summed E-state index contributed by atoms with van der Waals surface area (Å²) in [5, 5.41) is 5.40. The third kappa shape index (κ3) is 3.96. The molecule has 2 atom stereocenters. The van der Waals surface area contributed by atoms with Crippen LogP contribution in [0.15, 0.2) is 24.3 Å². The first-order chi connectivity index (χ1) is 9.54. The van der Waals surface area contributed by atoms with E-state index in [1.165, 1.54) is 0 Å². The van der Waals surface area contributed by atoms with Gasteiger partial charge in [0.1, 0.15) is 0 Å². The van der Waals surface area contributed by atoms with Crippen molar-refractivity contribution in [2.45, 2.75) is 31.8 Å². The normalized spacial score (nSPS) is 21.4. The van der Waals surface area contributed by atoms with Crippen LogP contribution in [0.2, 0.25) is 0 Å². The fourth-order valence-electron chi connectivity index (χ4n) is 2.39. The van der Waals surface area contributed by atoms with Gasteiger partial charge in [0.2, 0.25) is 5.91 Å². The topological polar surface area (TPSA) is 110 Å². The number of nitrogens with two attached hydrogens (primary N) is 2. The number of hydrogen-bond acceptors (Lipinski definition) is 3. The van der Waals surface area contributed by atoms with Gasteiger partial charge in [-0.3, -0.25) is 4.79 Å². The third-order valence-corrected chi connectivity index (χ3v) is 3.53. The number of primary amides is 1. The Labute approximate surface area is 117 Å². The molecule has 108 valence electrons. The van der Waals surface area contributed by atoms with Crippen LogP contribution in [-0.4, -0.2) is 18.0 Å². The van der Waals surface area contributed by atoms with E-state index in [0.717, 1.165) is 30.5 Å². The summed E-state index contributed by atoms with van der Waals surface area (Å²) in [5.41, 5.74) is 12.5. The SMILES string of the molecule is NC(=O)NCc1ccc(NC(=O)C2CCC(N)C2)cc1. The van der Waals surface area contributed by atoms with Gasteiger partial charge in [0.05, 0.1) is 0 Å². The molecular weight excluding hydrogens is 256 g/mol. The first kappa shape index (κ1) is 14.3. The number of nitrogens with one attached hydrogen (secondary N) is 2. The summed E-state index contributed by atoms with van der Waals surface area (Å²) >= 11 is 0. The Balaban J connectivity index is 1.87. The quantitative estimate of drug-likeness (QED) is 0.656. The molecule has 2 rings (SSSR count). The lowest BCUT2D eigenvalue weighted by molar-refractivity contribution is -0.119. The van der Waals surface area contributed by atoms with E-state index in [-0.39, 0.29) is 17.9 Å². The molecule has 1 aromatic carbocycles. The summed E-state index contributed by atoms with van der Waals surface area (Å²) in [6.07, 6.45) is 2.52. The molecule has 6 nitrogen and oxygen atoms in total. The second-order valence-corrected chi connectivity index (χ2v) is 5.17. The second-order valence-electron chi connectivity index (χ2n) is 5.17. The fourth-order valence-corrected chi connectivity index (χ4v) is 2.39. The number of amides is 3. The van der Waals surface area contributed by atoms with E-state index in [9.17, 15) is 9.59 Å². The van der Waals surface area contributed by atoms with Crippen molar-refractivity contribution in [2.24, 2.45) is 17.4 Å². The van der Waals surface area contributed by atoms with Crippen molar-refractivity contribution in [2.75, 3.05) is 5.32 Å². The molecule has 0 bridgehead atoms. The Morgan fingerprint density at radius 2 is 1.90 bits per heavy atom. The minimum Gasteiger partial charge on any atom is -0.352 e. The maximum Gasteiger partial charge on any atom is 0.312 e. The minimum absolute atomic E-state index is 0.0150. The molecule has 1 saturated carbocycles. The molecule has 3 amide bonds. The van der Waals surface area contributed by atoms with Crippen molar-refractivity contribution in [3.8, 4) is 0 Å². The maximum atomic E-state index is 12.0. The van der Waals surface area contributed by atoms with E-state index in [1.807, 2.05) is 24.3 Å². The van der Waals surface area contributed by atoms with Crippen LogP contribution in [0.3, 0.4) is 0 Å². The summed E-state index contributed by atoms with van der Waals surface area (Å²) in [5.74, 6) is 0.0437. The summed E-state index contributed by atoms with van der Waals surface area (Å²) < 4.78 is 0. The Bertz CT molecular complexity index is 486. The summed E-state index contributed by atoms with van der Waals surface area (Å²) in [6.45, 7) is 0.376. The largest absolute Gasteiger partial charge is 0.352 e. The van der Waals surface area contributed by atoms with Gasteiger partial charge in [-0.1, -0.05) is 12.1 Å². The van der Waals surface area contributed by atoms with Crippen LogP contribution in [0.25, 0.3) is 0 Å². The Morgan fingerprint density at radius 1 is 1.20 bits per heavy atom. The smallest absolute Gasteiger partial charge is 0.312 e. The third-order valence-electron chi connectivity index (χ3n) is 3.53. The van der Waals surface area contributed by atoms with Crippen molar-refractivity contribution in [1.29, 1.82) is 0 Å². The Kier molecular flexibility index (Phi) is 4.57. The van der Waals surface area contributed by atoms with E-state index in [2.05, 4.69) is 10.6 Å². The standard InChI is InChI=1S/C14H20N4O2/c15-11-4-3-10(7-11)13(19)18-12-5-1-9(2-6-12)8-17-14(16)20/h1-2,5-6,10-11H,3-4,7-8,15H2,(H,18,19)(H3,16,17,20). The highest BCUT2D eigenvalue weighted by molar-refractivity contribution is 5.92. The van der Waals surface area contributed by atoms with Crippen LogP contribution >= 0.6 is 0 Å². The van der Waals surface area contributed by atoms with Crippen molar-refractivity contribution >= 4 is 17.6 Å². The van der Waals surface area contributed by atoms with Gasteiger partial charge in [0, 0.05) is 24.2 Å². The number of urea groups is 1. The molecule has 0 spiro atoms. The lowest BCUT2D eigenvalue weighted by Crippen LogP contribution is -2.28. The molecule has 6 N–H and O–H groups in total. The van der Waals surface area contributed by atoms with Gasteiger partial charge in [-0.2, -0.15) is 0 Å². The van der Waals surface area contributed by atoms with Crippen molar-refractivity contribution in [3.05, 3.63) is 29.8 Å². The maximum absolute atomic E-state index is 12.0. The average Bonchev–Trinajstić information content (AvgIpc) is 2.85. The van der Waals surface area contributed by atoms with Crippen LogP contribution in [0.5, 0.6) is 0 Å². The molecule has 0 heterocycles. The van der Waals surface area contributed by atoms with Crippen LogP contribution < -0.4 is 22.1 Å². The molecule has 6 heteroatoms. The van der Waals surface area contributed by atoms with E-state index in [4.69, 9.17) is 11.5 Å². The molecule has 1 fully saturated rings. The Hall–Kier alpha value is -2.08. The van der Waals surface area contributed by atoms with E-state index in [1.54, 1.807) is 0 Å². The van der Waals surface area contributed by atoms with Crippen molar-refractivity contribution < 1.29 is 9.59 Å². The molecule has 1 aliphatic rings. The number of anilines is 1. The van der Waals surface area contributed by atoms with Crippen molar-refractivity contribution in [3.63, 3.8) is 0 Å². The predicted octanol–water partition coefficient (Wildman–Crippen LogP) is 0.921. The van der Waals surface area contributed by atoms with Crippen LogP contribution in [0.4, 0.5) is 10.5 Å². The van der Waals surface area contributed by atoms with Gasteiger partial charge < -0.3 is 22.1 Å². The highest BCUT2D eigenvalue weighted by atomic mass is 16.2. The predicted molar refractivity (Wildman–Crippen MR) is 76.8 cm³/mol. The lowest BCUT2D eigenvalue weighted by Gasteiger charge is -2.11. The minimum atomic E-state index is -0.556. The van der Waals surface area contributed by atoms with E-state index >= 15 is 0 Å². The zero-order valence-electron chi connectivity index (χ0n) is 11.3. The van der Waals surface area contributed by atoms with Crippen LogP contribution in [0.1, 0.15) is 24.8 Å². The molecule has 0 aliphatic heterocycles. The van der Waals surface area contributed by atoms with Crippen LogP contribution in [0, 0.1) is 5.92 Å². The van der Waals surface area contributed by atoms with E-state index in [0.29, 0.717) is 6.54 Å². The molecule has 1 aliphatic carbocycles. The van der Waals surface area contributed by atoms with Gasteiger partial charge in [-0.05, 0) is 37.0 Å². The first-order valence-corrected chi connectivity index (χ1v) is 6.73. The summed E-state index contributed by atoms with van der Waals surface area (Å²) in [7, 11) is 0. The highest BCUT2D eigenvalue weighted by Gasteiger charge is 2.27. The van der Waals surface area contributed by atoms with Crippen molar-refractivity contribution in [1.82, 2.24) is 5.32 Å². The molecule has 0 radical (unpaired) electrons. The fraction of sp³-hybridized carbons (Fsp3) is 0.429. The zero-order chi connectivity index (χ0) is 14.5. The molecule has 2 unspecified atom stereocenters. The van der Waals surface area contributed by atoms with Gasteiger partial charge in [0.25, 0.3) is 0 Å². The first-order valence-electron chi connectivity index (χ1n) is 6.73. The zero-order valence-corrected chi connectivity index (χ0v) is 11.3. The highest BCUT2D eigenvalue weighted by Crippen LogP contribution is 2.25. The average molecular weight is 276 g/mol. The number of carbonyl (C=O) groups excluding carboxylic acids is 2. The molecule has 0 saturated heterocycles. The number of hydrogen-bond donors (Lipinski definition) is 4. The van der Waals surface area contributed by atoms with Gasteiger partial charge >= 0.3 is 6.03 Å². The van der Waals surface area contributed by atoms with Gasteiger partial charge in [-0.25, -0.2) is 4.79 Å². The molecule has 1 aromatic rings. The van der Waals surface area contributed by atoms with Crippen LogP contribution in [-0.2, 0) is 11.3 Å².